The van der Waals surface area contributed by atoms with Crippen LogP contribution in [0.4, 0.5) is 0 Å². The molecule has 0 bridgehead atoms. The number of carbonyl (C=O) groups excluding carboxylic acids is 1. The van der Waals surface area contributed by atoms with Gasteiger partial charge in [-0.15, -0.1) is 0 Å². The molecular weight excluding hydrogens is 328 g/mol. The lowest BCUT2D eigenvalue weighted by molar-refractivity contribution is -0.130. The number of fused-ring (bicyclic) bond motifs is 1. The molecule has 0 unspecified atom stereocenters. The van der Waals surface area contributed by atoms with E-state index < -0.39 is 12.0 Å². The van der Waals surface area contributed by atoms with E-state index in [0.29, 0.717) is 16.5 Å². The largest absolute Gasteiger partial charge is 0.485 e. The third kappa shape index (κ3) is 4.14. The molecule has 2 aromatic rings. The predicted molar refractivity (Wildman–Crippen MR) is 93.3 cm³/mol. The third-order valence-electron chi connectivity index (χ3n) is 3.27. The van der Waals surface area contributed by atoms with E-state index in [1.165, 1.54) is 6.21 Å². The zero-order valence-corrected chi connectivity index (χ0v) is 13.4. The maximum atomic E-state index is 12.1. The highest BCUT2D eigenvalue weighted by molar-refractivity contribution is 6.41. The Bertz CT molecular complexity index is 775. The second kappa shape index (κ2) is 7.66. The molecule has 1 N–H and O–H groups in total. The average Bonchev–Trinajstić information content (AvgIpc) is 2.62. The Kier molecular flexibility index (Phi) is 5.13. The quantitative estimate of drug-likeness (QED) is 0.685. The molecule has 24 heavy (non-hydrogen) atoms. The van der Waals surface area contributed by atoms with Gasteiger partial charge in [-0.3, -0.25) is 4.79 Å². The Morgan fingerprint density at radius 1 is 1.12 bits per heavy atom. The number of para-hydroxylation sites is 2. The van der Waals surface area contributed by atoms with E-state index in [1.807, 2.05) is 42.5 Å². The van der Waals surface area contributed by atoms with Crippen molar-refractivity contribution in [1.29, 1.82) is 0 Å². The van der Waals surface area contributed by atoms with Crippen molar-refractivity contribution in [1.82, 2.24) is 5.43 Å². The van der Waals surface area contributed by atoms with Gasteiger partial charge in [-0.05, 0) is 23.8 Å². The number of hydrogen-bond acceptors (Lipinski definition) is 4. The molecular formula is C18H15ClN2O3. The molecule has 0 fully saturated rings. The van der Waals surface area contributed by atoms with Crippen LogP contribution in [0.15, 0.2) is 64.7 Å². The van der Waals surface area contributed by atoms with Crippen LogP contribution in [-0.2, 0) is 4.79 Å². The average molecular weight is 343 g/mol. The Hall–Kier alpha value is -2.79. The lowest BCUT2D eigenvalue weighted by atomic mass is 10.2. The summed E-state index contributed by atoms with van der Waals surface area (Å²) in [7, 11) is 0. The van der Waals surface area contributed by atoms with Crippen LogP contribution in [-0.4, -0.2) is 24.8 Å². The van der Waals surface area contributed by atoms with Crippen LogP contribution in [0.25, 0.3) is 6.08 Å². The minimum absolute atomic E-state index is 0.131. The number of ether oxygens (including phenoxy) is 2. The number of hydrazone groups is 1. The molecule has 5 nitrogen and oxygen atoms in total. The number of carbonyl (C=O) groups is 1. The highest BCUT2D eigenvalue weighted by Gasteiger charge is 2.26. The smallest absolute Gasteiger partial charge is 0.284 e. The summed E-state index contributed by atoms with van der Waals surface area (Å²) in [5, 5.41) is 4.23. The van der Waals surface area contributed by atoms with Gasteiger partial charge in [-0.1, -0.05) is 54.1 Å². The van der Waals surface area contributed by atoms with E-state index in [4.69, 9.17) is 21.1 Å². The Labute approximate surface area is 144 Å². The van der Waals surface area contributed by atoms with Crippen molar-refractivity contribution in [2.75, 3.05) is 6.61 Å². The first kappa shape index (κ1) is 16.1. The van der Waals surface area contributed by atoms with Gasteiger partial charge in [0.2, 0.25) is 6.10 Å². The molecule has 0 saturated heterocycles. The lowest BCUT2D eigenvalue weighted by Gasteiger charge is -2.24. The normalized spacial score (nSPS) is 16.9. The first-order valence-electron chi connectivity index (χ1n) is 7.36. The minimum Gasteiger partial charge on any atom is -0.485 e. The van der Waals surface area contributed by atoms with E-state index in [2.05, 4.69) is 10.5 Å². The molecule has 1 atom stereocenters. The van der Waals surface area contributed by atoms with Crippen LogP contribution < -0.4 is 14.9 Å². The van der Waals surface area contributed by atoms with E-state index in [1.54, 1.807) is 18.2 Å². The van der Waals surface area contributed by atoms with Crippen molar-refractivity contribution in [2.45, 2.75) is 6.10 Å². The molecule has 2 aromatic carbocycles. The van der Waals surface area contributed by atoms with Gasteiger partial charge < -0.3 is 9.47 Å². The van der Waals surface area contributed by atoms with Gasteiger partial charge in [0.1, 0.15) is 6.61 Å². The van der Waals surface area contributed by atoms with Crippen molar-refractivity contribution in [3.05, 3.63) is 65.2 Å². The number of nitrogens with one attached hydrogen (secondary N) is 1. The fourth-order valence-corrected chi connectivity index (χ4v) is 2.30. The third-order valence-corrected chi connectivity index (χ3v) is 3.47. The molecule has 6 heteroatoms. The zero-order valence-electron chi connectivity index (χ0n) is 12.7. The molecule has 1 aliphatic rings. The zero-order chi connectivity index (χ0) is 16.8. The fraction of sp³-hybridized carbons (Fsp3) is 0.111. The van der Waals surface area contributed by atoms with Gasteiger partial charge in [-0.25, -0.2) is 5.43 Å². The summed E-state index contributed by atoms with van der Waals surface area (Å²) in [5.74, 6) is 0.763. The summed E-state index contributed by atoms with van der Waals surface area (Å²) in [6, 6.07) is 16.8. The highest BCUT2D eigenvalue weighted by Crippen LogP contribution is 2.30. The number of halogens is 1. The Morgan fingerprint density at radius 2 is 1.83 bits per heavy atom. The molecule has 0 spiro atoms. The molecule has 0 aliphatic carbocycles. The second-order valence-corrected chi connectivity index (χ2v) is 5.47. The Morgan fingerprint density at radius 3 is 2.62 bits per heavy atom. The molecule has 3 rings (SSSR count). The lowest BCUT2D eigenvalue weighted by Crippen LogP contribution is -2.42. The minimum atomic E-state index is -0.756. The maximum Gasteiger partial charge on any atom is 0.284 e. The standard InChI is InChI=1S/C18H15ClN2O3/c19-14(10-13-6-2-1-3-7-13)11-20-21-18(22)17-12-23-15-8-4-5-9-16(15)24-17/h1-11,17H,12H2,(H,21,22)/b14-10-,20-11-/t17-/m0/s1. The number of hydrogen-bond donors (Lipinski definition) is 1. The van der Waals surface area contributed by atoms with Crippen molar-refractivity contribution in [2.24, 2.45) is 5.10 Å². The number of allylic oxidation sites excluding steroid dienone is 1. The molecule has 0 aromatic heterocycles. The van der Waals surface area contributed by atoms with Gasteiger partial charge in [-0.2, -0.15) is 5.10 Å². The highest BCUT2D eigenvalue weighted by atomic mass is 35.5. The van der Waals surface area contributed by atoms with E-state index in [-0.39, 0.29) is 6.61 Å². The first-order valence-corrected chi connectivity index (χ1v) is 7.74. The summed E-state index contributed by atoms with van der Waals surface area (Å²) >= 11 is 6.06. The number of amides is 1. The van der Waals surface area contributed by atoms with Gasteiger partial charge in [0.05, 0.1) is 11.2 Å². The second-order valence-electron chi connectivity index (χ2n) is 5.04. The van der Waals surface area contributed by atoms with Crippen molar-refractivity contribution in [3.63, 3.8) is 0 Å². The van der Waals surface area contributed by atoms with E-state index in [0.717, 1.165) is 5.56 Å². The number of rotatable bonds is 4. The van der Waals surface area contributed by atoms with Gasteiger partial charge in [0.15, 0.2) is 11.5 Å². The maximum absolute atomic E-state index is 12.1. The van der Waals surface area contributed by atoms with Crippen LogP contribution in [0, 0.1) is 0 Å². The first-order chi connectivity index (χ1) is 11.7. The molecule has 0 radical (unpaired) electrons. The van der Waals surface area contributed by atoms with Crippen LogP contribution in [0.2, 0.25) is 0 Å². The van der Waals surface area contributed by atoms with Crippen LogP contribution in [0.1, 0.15) is 5.56 Å². The van der Waals surface area contributed by atoms with Gasteiger partial charge in [0, 0.05) is 0 Å². The van der Waals surface area contributed by atoms with Crippen molar-refractivity contribution < 1.29 is 14.3 Å². The van der Waals surface area contributed by atoms with E-state index >= 15 is 0 Å². The van der Waals surface area contributed by atoms with Gasteiger partial charge >= 0.3 is 0 Å². The van der Waals surface area contributed by atoms with Crippen molar-refractivity contribution >= 4 is 29.8 Å². The molecule has 122 valence electrons. The fourth-order valence-electron chi connectivity index (χ4n) is 2.12. The summed E-state index contributed by atoms with van der Waals surface area (Å²) in [6.07, 6.45) is 2.35. The Balaban J connectivity index is 1.55. The van der Waals surface area contributed by atoms with Crippen LogP contribution >= 0.6 is 11.6 Å². The summed E-state index contributed by atoms with van der Waals surface area (Å²) in [6.45, 7) is 0.131. The number of benzene rings is 2. The van der Waals surface area contributed by atoms with E-state index in [9.17, 15) is 4.79 Å². The molecule has 0 saturated carbocycles. The number of nitrogens with zero attached hydrogens (tertiary/aromatic N) is 1. The van der Waals surface area contributed by atoms with Gasteiger partial charge in [0.25, 0.3) is 5.91 Å². The summed E-state index contributed by atoms with van der Waals surface area (Å²) < 4.78 is 11.1. The van der Waals surface area contributed by atoms with Crippen LogP contribution in [0.5, 0.6) is 11.5 Å². The topological polar surface area (TPSA) is 59.9 Å². The summed E-state index contributed by atoms with van der Waals surface area (Å²) in [5.41, 5.74) is 3.35. The monoisotopic (exact) mass is 342 g/mol. The molecule has 1 heterocycles. The van der Waals surface area contributed by atoms with Crippen molar-refractivity contribution in [3.8, 4) is 11.5 Å². The predicted octanol–water partition coefficient (Wildman–Crippen LogP) is 3.21. The SMILES string of the molecule is O=C(N/N=C\C(Cl)=C\c1ccccc1)[C@@H]1COc2ccccc2O1. The summed E-state index contributed by atoms with van der Waals surface area (Å²) in [4.78, 5) is 12.1. The molecule has 1 amide bonds. The molecule has 1 aliphatic heterocycles. The van der Waals surface area contributed by atoms with Crippen LogP contribution in [0.3, 0.4) is 0 Å².